The van der Waals surface area contributed by atoms with E-state index in [2.05, 4.69) is 26.8 Å². The fraction of sp³-hybridized carbons (Fsp3) is 0.750. The Morgan fingerprint density at radius 3 is 2.70 bits per heavy atom. The molecular formula is C20H34O3. The summed E-state index contributed by atoms with van der Waals surface area (Å²) < 4.78 is 5.21. The number of allylic oxidation sites excluding steroid dienone is 2. The van der Waals surface area contributed by atoms with E-state index in [0.717, 1.165) is 38.5 Å². The van der Waals surface area contributed by atoms with Crippen molar-refractivity contribution in [1.82, 2.24) is 0 Å². The molecule has 1 aliphatic rings. The third-order valence-electron chi connectivity index (χ3n) is 4.97. The van der Waals surface area contributed by atoms with E-state index in [1.807, 2.05) is 12.2 Å². The minimum Gasteiger partial charge on any atom is -0.481 e. The van der Waals surface area contributed by atoms with Crippen molar-refractivity contribution in [1.29, 1.82) is 0 Å². The predicted molar refractivity (Wildman–Crippen MR) is 95.5 cm³/mol. The lowest BCUT2D eigenvalue weighted by molar-refractivity contribution is -0.149. The molecule has 2 atom stereocenters. The molecule has 0 aromatic rings. The number of ether oxygens (including phenoxy) is 1. The maximum absolute atomic E-state index is 12.2. The molecule has 3 heteroatoms. The fourth-order valence-electron chi connectivity index (χ4n) is 3.67. The van der Waals surface area contributed by atoms with Gasteiger partial charge in [0.15, 0.2) is 0 Å². The maximum Gasteiger partial charge on any atom is 0.314 e. The molecule has 0 aromatic carbocycles. The average Bonchev–Trinajstić information content (AvgIpc) is 2.51. The van der Waals surface area contributed by atoms with Gasteiger partial charge in [-0.05, 0) is 31.1 Å². The van der Waals surface area contributed by atoms with E-state index in [-0.39, 0.29) is 5.92 Å². The zero-order chi connectivity index (χ0) is 17.3. The van der Waals surface area contributed by atoms with Crippen molar-refractivity contribution in [2.75, 3.05) is 13.7 Å². The summed E-state index contributed by atoms with van der Waals surface area (Å²) in [7, 11) is 1.70. The molecular weight excluding hydrogens is 288 g/mol. The molecule has 1 rings (SSSR count). The highest BCUT2D eigenvalue weighted by Crippen LogP contribution is 2.45. The summed E-state index contributed by atoms with van der Waals surface area (Å²) in [5, 5.41) is 10.0. The highest BCUT2D eigenvalue weighted by molar-refractivity contribution is 5.79. The van der Waals surface area contributed by atoms with E-state index >= 15 is 0 Å². The first kappa shape index (κ1) is 20.0. The smallest absolute Gasteiger partial charge is 0.314 e. The number of carboxylic acids is 1. The van der Waals surface area contributed by atoms with E-state index in [1.54, 1.807) is 7.11 Å². The zero-order valence-electron chi connectivity index (χ0n) is 15.3. The van der Waals surface area contributed by atoms with Gasteiger partial charge in [0.05, 0.1) is 5.41 Å². The van der Waals surface area contributed by atoms with E-state index in [9.17, 15) is 9.90 Å². The Morgan fingerprint density at radius 2 is 2.13 bits per heavy atom. The molecule has 0 bridgehead atoms. The summed E-state index contributed by atoms with van der Waals surface area (Å²) >= 11 is 0. The van der Waals surface area contributed by atoms with Gasteiger partial charge in [0.2, 0.25) is 0 Å². The van der Waals surface area contributed by atoms with Crippen LogP contribution in [-0.4, -0.2) is 24.8 Å². The Morgan fingerprint density at radius 1 is 1.39 bits per heavy atom. The van der Waals surface area contributed by atoms with Crippen LogP contribution in [0.15, 0.2) is 23.8 Å². The van der Waals surface area contributed by atoms with Crippen molar-refractivity contribution in [2.45, 2.75) is 65.7 Å². The van der Waals surface area contributed by atoms with Gasteiger partial charge in [0.1, 0.15) is 0 Å². The summed E-state index contributed by atoms with van der Waals surface area (Å²) in [4.78, 5) is 12.2. The van der Waals surface area contributed by atoms with Crippen LogP contribution in [0.25, 0.3) is 0 Å². The summed E-state index contributed by atoms with van der Waals surface area (Å²) in [6.45, 7) is 7.23. The van der Waals surface area contributed by atoms with Gasteiger partial charge in [-0.2, -0.15) is 0 Å². The lowest BCUT2D eigenvalue weighted by atomic mass is 9.64. The number of rotatable bonds is 11. The molecule has 0 saturated heterocycles. The number of carbonyl (C=O) groups is 1. The van der Waals surface area contributed by atoms with Gasteiger partial charge in [-0.25, -0.2) is 0 Å². The van der Waals surface area contributed by atoms with Gasteiger partial charge in [-0.15, -0.1) is 0 Å². The minimum atomic E-state index is -0.731. The normalized spacial score (nSPS) is 24.0. The average molecular weight is 322 g/mol. The third kappa shape index (κ3) is 5.49. The first-order valence-electron chi connectivity index (χ1n) is 9.08. The molecule has 0 spiro atoms. The van der Waals surface area contributed by atoms with Crippen molar-refractivity contribution in [2.24, 2.45) is 17.3 Å². The maximum atomic E-state index is 12.2. The quantitative estimate of drug-likeness (QED) is 0.530. The van der Waals surface area contributed by atoms with E-state index in [1.165, 1.54) is 12.0 Å². The molecule has 0 amide bonds. The number of unbranched alkanes of at least 4 members (excludes halogenated alkanes) is 1. The van der Waals surface area contributed by atoms with Gasteiger partial charge in [-0.1, -0.05) is 70.3 Å². The molecule has 23 heavy (non-hydrogen) atoms. The number of aliphatic carboxylic acids is 1. The van der Waals surface area contributed by atoms with Gasteiger partial charge in [0.25, 0.3) is 0 Å². The topological polar surface area (TPSA) is 46.5 Å². The van der Waals surface area contributed by atoms with Crippen molar-refractivity contribution in [3.63, 3.8) is 0 Å². The van der Waals surface area contributed by atoms with Crippen LogP contribution in [0.2, 0.25) is 0 Å². The molecule has 3 nitrogen and oxygen atoms in total. The summed E-state index contributed by atoms with van der Waals surface area (Å²) in [5.74, 6) is 0.116. The van der Waals surface area contributed by atoms with Crippen LogP contribution in [0.4, 0.5) is 0 Å². The SMILES string of the molecule is CCCC1C(CCOC)=CC=CC1(CCCCC(C)C)C(=O)O. The fourth-order valence-corrected chi connectivity index (χ4v) is 3.67. The second kappa shape index (κ2) is 9.92. The van der Waals surface area contributed by atoms with Crippen molar-refractivity contribution < 1.29 is 14.6 Å². The van der Waals surface area contributed by atoms with Gasteiger partial charge >= 0.3 is 5.97 Å². The summed E-state index contributed by atoms with van der Waals surface area (Å²) in [6, 6.07) is 0. The first-order chi connectivity index (χ1) is 11.0. The van der Waals surface area contributed by atoms with Crippen LogP contribution >= 0.6 is 0 Å². The molecule has 2 unspecified atom stereocenters. The summed E-state index contributed by atoms with van der Waals surface area (Å²) in [6.07, 6.45) is 12.8. The van der Waals surface area contributed by atoms with Crippen LogP contribution < -0.4 is 0 Å². The molecule has 0 radical (unpaired) electrons. The van der Waals surface area contributed by atoms with Gasteiger partial charge in [-0.3, -0.25) is 4.79 Å². The van der Waals surface area contributed by atoms with Crippen LogP contribution in [0, 0.1) is 17.3 Å². The minimum absolute atomic E-state index is 0.101. The van der Waals surface area contributed by atoms with Gasteiger partial charge in [0, 0.05) is 13.7 Å². The van der Waals surface area contributed by atoms with Crippen molar-refractivity contribution >= 4 is 5.97 Å². The lowest BCUT2D eigenvalue weighted by Crippen LogP contribution is -2.39. The highest BCUT2D eigenvalue weighted by Gasteiger charge is 2.45. The van der Waals surface area contributed by atoms with E-state index in [4.69, 9.17) is 4.74 Å². The largest absolute Gasteiger partial charge is 0.481 e. The number of methoxy groups -OCH3 is 1. The molecule has 0 aliphatic heterocycles. The van der Waals surface area contributed by atoms with Gasteiger partial charge < -0.3 is 9.84 Å². The molecule has 0 aromatic heterocycles. The molecule has 132 valence electrons. The van der Waals surface area contributed by atoms with E-state index < -0.39 is 11.4 Å². The predicted octanol–water partition coefficient (Wildman–Crippen LogP) is 5.22. The number of carboxylic acid groups (broad SMARTS) is 1. The molecule has 1 aliphatic carbocycles. The van der Waals surface area contributed by atoms with Crippen molar-refractivity contribution in [3.05, 3.63) is 23.8 Å². The second-order valence-corrected chi connectivity index (χ2v) is 7.17. The third-order valence-corrected chi connectivity index (χ3v) is 4.97. The Kier molecular flexibility index (Phi) is 8.60. The Labute approximate surface area is 141 Å². The first-order valence-corrected chi connectivity index (χ1v) is 9.08. The zero-order valence-corrected chi connectivity index (χ0v) is 15.3. The standard InChI is InChI=1S/C20H34O3/c1-5-9-18-17(12-15-23-4)11-8-14-20(18,19(21)22)13-7-6-10-16(2)3/h8,11,14,16,18H,5-7,9-10,12-13,15H2,1-4H3,(H,21,22). The summed E-state index contributed by atoms with van der Waals surface area (Å²) in [5.41, 5.74) is 0.507. The van der Waals surface area contributed by atoms with E-state index in [0.29, 0.717) is 12.5 Å². The lowest BCUT2D eigenvalue weighted by Gasteiger charge is -2.39. The number of hydrogen-bond acceptors (Lipinski definition) is 2. The molecule has 0 fully saturated rings. The molecule has 1 N–H and O–H groups in total. The Balaban J connectivity index is 2.90. The van der Waals surface area contributed by atoms with Crippen LogP contribution in [0.3, 0.4) is 0 Å². The Hall–Kier alpha value is -1.09. The van der Waals surface area contributed by atoms with Crippen LogP contribution in [0.5, 0.6) is 0 Å². The molecule has 0 heterocycles. The van der Waals surface area contributed by atoms with Crippen molar-refractivity contribution in [3.8, 4) is 0 Å². The Bertz CT molecular complexity index is 423. The monoisotopic (exact) mass is 322 g/mol. The molecule has 0 saturated carbocycles. The van der Waals surface area contributed by atoms with Crippen LogP contribution in [-0.2, 0) is 9.53 Å². The second-order valence-electron chi connectivity index (χ2n) is 7.17. The highest BCUT2D eigenvalue weighted by atomic mass is 16.5. The number of hydrogen-bond donors (Lipinski definition) is 1. The van der Waals surface area contributed by atoms with Crippen LogP contribution in [0.1, 0.15) is 65.7 Å².